The third-order valence-electron chi connectivity index (χ3n) is 2.47. The lowest BCUT2D eigenvalue weighted by Gasteiger charge is -2.21. The molecule has 2 rings (SSSR count). The molecule has 2 heterocycles. The van der Waals surface area contributed by atoms with E-state index in [1.165, 1.54) is 6.08 Å². The second-order valence-electron chi connectivity index (χ2n) is 3.77. The van der Waals surface area contributed by atoms with Crippen LogP contribution in [0.4, 0.5) is 0 Å². The Morgan fingerprint density at radius 1 is 1.22 bits per heavy atom. The monoisotopic (exact) mass is 318 g/mol. The molecule has 0 amide bonds. The average molecular weight is 320 g/mol. The smallest absolute Gasteiger partial charge is 0.328 e. The van der Waals surface area contributed by atoms with Crippen LogP contribution in [0.3, 0.4) is 0 Å². The Kier molecular flexibility index (Phi) is 4.08. The van der Waals surface area contributed by atoms with Crippen LogP contribution in [-0.2, 0) is 19.0 Å². The number of hydrogen-bond donors (Lipinski definition) is 2. The number of carboxylic acid groups (broad SMARTS) is 1. The van der Waals surface area contributed by atoms with Gasteiger partial charge in [-0.1, -0.05) is 34.8 Å². The molecule has 0 aliphatic carbocycles. The molecule has 2 N–H and O–H groups in total. The maximum absolute atomic E-state index is 10.4. The molecule has 2 aliphatic heterocycles. The number of aliphatic carboxylic acids is 1. The van der Waals surface area contributed by atoms with Gasteiger partial charge in [0.15, 0.2) is 6.29 Å². The zero-order valence-electron chi connectivity index (χ0n) is 8.70. The van der Waals surface area contributed by atoms with Crippen molar-refractivity contribution in [2.75, 3.05) is 0 Å². The maximum atomic E-state index is 10.4. The molecule has 18 heavy (non-hydrogen) atoms. The topological polar surface area (TPSA) is 85.2 Å². The molecule has 5 atom stereocenters. The van der Waals surface area contributed by atoms with Gasteiger partial charge in [0.05, 0.1) is 0 Å². The number of rotatable bonds is 2. The van der Waals surface area contributed by atoms with E-state index < -0.39 is 40.7 Å². The fourth-order valence-electron chi connectivity index (χ4n) is 1.70. The van der Waals surface area contributed by atoms with Crippen LogP contribution in [0.15, 0.2) is 12.2 Å². The number of alkyl halides is 3. The van der Waals surface area contributed by atoms with Gasteiger partial charge in [0.1, 0.15) is 18.3 Å². The summed E-state index contributed by atoms with van der Waals surface area (Å²) in [5.41, 5.74) is 0. The quantitative estimate of drug-likeness (QED) is 0.579. The van der Waals surface area contributed by atoms with Crippen molar-refractivity contribution in [3.05, 3.63) is 12.2 Å². The summed E-state index contributed by atoms with van der Waals surface area (Å²) in [5.74, 6) is -1.15. The lowest BCUT2D eigenvalue weighted by Crippen LogP contribution is -2.34. The Bertz CT molecular complexity index is 368. The Hall–Kier alpha value is -0.0800. The summed E-state index contributed by atoms with van der Waals surface area (Å²) in [6.45, 7) is 0. The largest absolute Gasteiger partial charge is 0.478 e. The van der Waals surface area contributed by atoms with Crippen LogP contribution in [0.2, 0.25) is 0 Å². The fraction of sp³-hybridized carbons (Fsp3) is 0.667. The number of carbonyl (C=O) groups is 1. The Morgan fingerprint density at radius 2 is 1.89 bits per heavy atom. The predicted octanol–water partition coefficient (Wildman–Crippen LogP) is 0.825. The SMILES string of the molecule is O=C(O)/C=C\[C@H]1O[C@@H]2O[C@@H](C(Cl)(Cl)Cl)O[C@@H]2[C@H]1O. The van der Waals surface area contributed by atoms with Crippen molar-refractivity contribution in [3.63, 3.8) is 0 Å². The summed E-state index contributed by atoms with van der Waals surface area (Å²) in [7, 11) is 0. The molecule has 102 valence electrons. The second-order valence-corrected chi connectivity index (χ2v) is 6.14. The third kappa shape index (κ3) is 2.91. The molecule has 0 aromatic carbocycles. The molecule has 6 nitrogen and oxygen atoms in total. The van der Waals surface area contributed by atoms with Crippen molar-refractivity contribution in [2.45, 2.75) is 34.7 Å². The second kappa shape index (κ2) is 5.13. The molecule has 0 aromatic rings. The summed E-state index contributed by atoms with van der Waals surface area (Å²) >= 11 is 16.8. The van der Waals surface area contributed by atoms with Gasteiger partial charge in [-0.3, -0.25) is 0 Å². The van der Waals surface area contributed by atoms with E-state index in [1.807, 2.05) is 0 Å². The number of carboxylic acids is 1. The van der Waals surface area contributed by atoms with Crippen LogP contribution in [0.25, 0.3) is 0 Å². The highest BCUT2D eigenvalue weighted by molar-refractivity contribution is 6.67. The maximum Gasteiger partial charge on any atom is 0.328 e. The van der Waals surface area contributed by atoms with Crippen molar-refractivity contribution in [1.82, 2.24) is 0 Å². The van der Waals surface area contributed by atoms with E-state index in [0.717, 1.165) is 6.08 Å². The van der Waals surface area contributed by atoms with Gasteiger partial charge in [-0.15, -0.1) is 0 Å². The molecule has 9 heteroatoms. The summed E-state index contributed by atoms with van der Waals surface area (Å²) in [6.07, 6.45) is -2.74. The van der Waals surface area contributed by atoms with Crippen LogP contribution < -0.4 is 0 Å². The molecule has 0 spiro atoms. The molecular weight excluding hydrogens is 310 g/mol. The van der Waals surface area contributed by atoms with Crippen molar-refractivity contribution < 1.29 is 29.2 Å². The van der Waals surface area contributed by atoms with Crippen molar-refractivity contribution in [3.8, 4) is 0 Å². The van der Waals surface area contributed by atoms with E-state index in [0.29, 0.717) is 0 Å². The molecule has 0 unspecified atom stereocenters. The first-order chi connectivity index (χ1) is 8.29. The number of aliphatic hydroxyl groups excluding tert-OH is 1. The minimum absolute atomic E-state index is 0.825. The van der Waals surface area contributed by atoms with Crippen molar-refractivity contribution >= 4 is 40.8 Å². The van der Waals surface area contributed by atoms with Crippen LogP contribution in [-0.4, -0.2) is 50.9 Å². The summed E-state index contributed by atoms with van der Waals surface area (Å²) in [4.78, 5) is 10.4. The van der Waals surface area contributed by atoms with Crippen molar-refractivity contribution in [2.24, 2.45) is 0 Å². The number of hydrogen-bond acceptors (Lipinski definition) is 5. The number of halogens is 3. The average Bonchev–Trinajstić information content (AvgIpc) is 2.75. The standard InChI is InChI=1S/C9H9Cl3O6/c10-9(11,12)8-17-6-5(15)3(1-2-4(13)14)16-7(6)18-8/h1-3,5-8,15H,(H,13,14)/b2-1-/t3-,5+,6-,7-,8+/m1/s1. The zero-order chi connectivity index (χ0) is 13.5. The fourth-order valence-corrected chi connectivity index (χ4v) is 2.01. The highest BCUT2D eigenvalue weighted by Crippen LogP contribution is 2.42. The minimum atomic E-state index is -1.79. The third-order valence-corrected chi connectivity index (χ3v) is 3.00. The minimum Gasteiger partial charge on any atom is -0.478 e. The van der Waals surface area contributed by atoms with E-state index in [-0.39, 0.29) is 0 Å². The van der Waals surface area contributed by atoms with Gasteiger partial charge in [0, 0.05) is 6.08 Å². The van der Waals surface area contributed by atoms with Crippen molar-refractivity contribution in [1.29, 1.82) is 0 Å². The van der Waals surface area contributed by atoms with Gasteiger partial charge >= 0.3 is 5.97 Å². The highest BCUT2D eigenvalue weighted by Gasteiger charge is 2.55. The van der Waals surface area contributed by atoms with E-state index in [4.69, 9.17) is 54.1 Å². The van der Waals surface area contributed by atoms with Gasteiger partial charge in [-0.2, -0.15) is 0 Å². The Morgan fingerprint density at radius 3 is 2.39 bits per heavy atom. The van der Waals surface area contributed by atoms with Gasteiger partial charge in [-0.25, -0.2) is 4.79 Å². The van der Waals surface area contributed by atoms with Crippen LogP contribution in [0.1, 0.15) is 0 Å². The summed E-state index contributed by atoms with van der Waals surface area (Å²) in [5, 5.41) is 18.3. The molecular formula is C9H9Cl3O6. The predicted molar refractivity (Wildman–Crippen MR) is 61.5 cm³/mol. The summed E-state index contributed by atoms with van der Waals surface area (Å²) < 4.78 is 13.9. The highest BCUT2D eigenvalue weighted by atomic mass is 35.6. The van der Waals surface area contributed by atoms with Gasteiger partial charge in [0.25, 0.3) is 0 Å². The lowest BCUT2D eigenvalue weighted by molar-refractivity contribution is -0.157. The lowest BCUT2D eigenvalue weighted by atomic mass is 10.1. The van der Waals surface area contributed by atoms with Crippen LogP contribution in [0.5, 0.6) is 0 Å². The first-order valence-corrected chi connectivity index (χ1v) is 6.05. The summed E-state index contributed by atoms with van der Waals surface area (Å²) in [6, 6.07) is 0. The first-order valence-electron chi connectivity index (χ1n) is 4.91. The molecule has 0 aromatic heterocycles. The molecule has 2 aliphatic rings. The van der Waals surface area contributed by atoms with E-state index in [9.17, 15) is 9.90 Å². The molecule has 0 radical (unpaired) electrons. The molecule has 2 fully saturated rings. The molecule has 0 bridgehead atoms. The zero-order valence-corrected chi connectivity index (χ0v) is 11.0. The number of ether oxygens (including phenoxy) is 3. The van der Waals surface area contributed by atoms with Crippen LogP contribution in [0, 0.1) is 0 Å². The number of fused-ring (bicyclic) bond motifs is 1. The Balaban J connectivity index is 2.00. The Labute approximate surface area is 117 Å². The van der Waals surface area contributed by atoms with Crippen LogP contribution >= 0.6 is 34.8 Å². The molecule has 2 saturated heterocycles. The van der Waals surface area contributed by atoms with Gasteiger partial charge < -0.3 is 24.4 Å². The first kappa shape index (κ1) is 14.3. The van der Waals surface area contributed by atoms with E-state index in [1.54, 1.807) is 0 Å². The van der Waals surface area contributed by atoms with Gasteiger partial charge in [0.2, 0.25) is 10.1 Å². The van der Waals surface area contributed by atoms with Gasteiger partial charge in [-0.05, 0) is 6.08 Å². The molecule has 0 saturated carbocycles. The normalized spacial score (nSPS) is 40.3. The van der Waals surface area contributed by atoms with E-state index in [2.05, 4.69) is 0 Å². The van der Waals surface area contributed by atoms with E-state index >= 15 is 0 Å². The number of aliphatic hydroxyl groups is 1.